The van der Waals surface area contributed by atoms with Crippen LogP contribution in [-0.4, -0.2) is 321 Å². The van der Waals surface area contributed by atoms with Crippen LogP contribution in [0.3, 0.4) is 0 Å². The Balaban J connectivity index is 1.16. The highest BCUT2D eigenvalue weighted by Gasteiger charge is 2.29. The van der Waals surface area contributed by atoms with Gasteiger partial charge in [0.15, 0.2) is 51.1 Å². The number of isothiocyanates is 1. The van der Waals surface area contributed by atoms with E-state index in [0.29, 0.717) is 88.6 Å². The molecule has 8 amide bonds. The lowest BCUT2D eigenvalue weighted by atomic mass is 10.0. The third-order valence-electron chi connectivity index (χ3n) is 18.3. The quantitative estimate of drug-likeness (QED) is 0.0154. The molecule has 5 aromatic rings. The second kappa shape index (κ2) is 48.5. The summed E-state index contributed by atoms with van der Waals surface area (Å²) in [4.78, 5) is 122. The van der Waals surface area contributed by atoms with E-state index in [1.54, 1.807) is 36.3 Å². The first kappa shape index (κ1) is 90.6. The van der Waals surface area contributed by atoms with Crippen LogP contribution < -0.4 is 53.2 Å². The lowest BCUT2D eigenvalue weighted by Gasteiger charge is -2.31. The molecule has 36 nitrogen and oxygen atoms in total. The lowest BCUT2D eigenvalue weighted by Crippen LogP contribution is -2.49. The number of rotatable bonds is 27. The van der Waals surface area contributed by atoms with E-state index < -0.39 is 110 Å². The van der Waals surface area contributed by atoms with Gasteiger partial charge in [-0.3, -0.25) is 58.0 Å². The highest BCUT2D eigenvalue weighted by Crippen LogP contribution is 2.36. The fourth-order valence-electron chi connectivity index (χ4n) is 12.0. The van der Waals surface area contributed by atoms with Gasteiger partial charge >= 0.3 is 0 Å². The van der Waals surface area contributed by atoms with Gasteiger partial charge in [-0.2, -0.15) is 4.99 Å². The number of phenolic OH excluding ortho intramolecular Hbond substituents is 8. The van der Waals surface area contributed by atoms with Gasteiger partial charge in [0.1, 0.15) is 0 Å². The van der Waals surface area contributed by atoms with E-state index in [4.69, 9.17) is 48.1 Å². The summed E-state index contributed by atoms with van der Waals surface area (Å²) in [6.07, 6.45) is 1.97. The molecule has 5 aromatic carbocycles. The van der Waals surface area contributed by atoms with Gasteiger partial charge in [-0.1, -0.05) is 6.92 Å². The standard InChI is InChI=1S/C76H103N15O21S2/c1-3-38-109-43-44-110-39-36-89-29-22-79-70(102)54-13-11-52(60(92)62(54)94)68(100)77-20-27-88(28-21-78-69(101)53-12-14-55(63(95)61(53)93)71(103)80-23-30-89)34-35-91-33-26-83-74(106)57-16-15-56(64(96)65(57)97)72(104)81-24-31-90(37-40-111-45-46-112-42-41-108-2)32-25-82-73(105)58-17-18-59(67(99)66(58)98)75(107)86-51(47-91)6-4-5-19-84-76(114)87-50-9-7-49(8-10-50)85-48-113/h7-18,51,92-99H,3-6,19-47H2,1-2H3,(H,77,100)(H,78,101)(H,79,102)(H,80,103)(H,81,104)(H,82,105)(H,83,106)(H,86,107)(H2,84,87,114). The van der Waals surface area contributed by atoms with Gasteiger partial charge in [-0.25, -0.2) is 0 Å². The van der Waals surface area contributed by atoms with Crippen LogP contribution >= 0.6 is 24.4 Å². The van der Waals surface area contributed by atoms with E-state index in [2.05, 4.69) is 63.3 Å². The number of aromatic hydroxyl groups is 8. The van der Waals surface area contributed by atoms with Gasteiger partial charge < -0.3 is 118 Å². The molecule has 18 N–H and O–H groups in total. The Morgan fingerprint density at radius 1 is 0.421 bits per heavy atom. The highest BCUT2D eigenvalue weighted by atomic mass is 32.1. The maximum Gasteiger partial charge on any atom is 0.255 e. The van der Waals surface area contributed by atoms with Gasteiger partial charge in [0, 0.05) is 156 Å². The van der Waals surface area contributed by atoms with Crippen molar-refractivity contribution in [3.05, 3.63) is 117 Å². The largest absolute Gasteiger partial charge is 0.504 e. The van der Waals surface area contributed by atoms with E-state index in [1.807, 2.05) is 21.6 Å². The number of methoxy groups -OCH3 is 1. The minimum absolute atomic E-state index is 0.00212. The number of ether oxygens (including phenoxy) is 5. The predicted molar refractivity (Wildman–Crippen MR) is 427 cm³/mol. The Kier molecular flexibility index (Phi) is 38.5. The van der Waals surface area contributed by atoms with E-state index in [1.165, 1.54) is 48.5 Å². The van der Waals surface area contributed by atoms with Crippen LogP contribution in [0.25, 0.3) is 0 Å². The molecule has 13 rings (SSSR count). The lowest BCUT2D eigenvalue weighted by molar-refractivity contribution is 0.0196. The number of nitrogens with zero attached hydrogens (tertiary/aromatic N) is 5. The Morgan fingerprint density at radius 3 is 1.07 bits per heavy atom. The molecule has 620 valence electrons. The molecule has 0 aromatic heterocycles. The van der Waals surface area contributed by atoms with Crippen LogP contribution in [0.15, 0.2) is 77.8 Å². The normalized spacial score (nSPS) is 16.5. The van der Waals surface area contributed by atoms with Gasteiger partial charge in [0.2, 0.25) is 0 Å². The van der Waals surface area contributed by atoms with Crippen LogP contribution in [0.5, 0.6) is 46.0 Å². The van der Waals surface area contributed by atoms with Crippen molar-refractivity contribution in [1.82, 2.24) is 67.5 Å². The van der Waals surface area contributed by atoms with Crippen LogP contribution in [0.1, 0.15) is 115 Å². The number of phenols is 8. The molecule has 114 heavy (non-hydrogen) atoms. The number of carbonyl (C=O) groups is 8. The van der Waals surface area contributed by atoms with Crippen LogP contribution in [-0.2, 0) is 23.7 Å². The number of hydrogen-bond donors (Lipinski definition) is 18. The zero-order valence-corrected chi connectivity index (χ0v) is 65.4. The number of anilines is 1. The maximum absolute atomic E-state index is 14.6. The first-order valence-electron chi connectivity index (χ1n) is 37.4. The van der Waals surface area contributed by atoms with E-state index in [0.717, 1.165) is 6.42 Å². The second-order valence-corrected chi connectivity index (χ2v) is 26.9. The molecule has 0 spiro atoms. The Morgan fingerprint density at radius 2 is 0.728 bits per heavy atom. The zero-order chi connectivity index (χ0) is 82.3. The summed E-state index contributed by atoms with van der Waals surface area (Å²) in [6, 6.07) is 15.5. The summed E-state index contributed by atoms with van der Waals surface area (Å²) in [7, 11) is 1.55. The van der Waals surface area contributed by atoms with E-state index >= 15 is 0 Å². The molecule has 0 aliphatic carbocycles. The zero-order valence-electron chi connectivity index (χ0n) is 63.8. The minimum Gasteiger partial charge on any atom is -0.504 e. The van der Waals surface area contributed by atoms with Crippen molar-refractivity contribution < 1.29 is 103 Å². The van der Waals surface area contributed by atoms with Crippen molar-refractivity contribution in [3.63, 3.8) is 0 Å². The number of thiocarbonyl (C=S) groups is 2. The van der Waals surface area contributed by atoms with E-state index in [9.17, 15) is 79.2 Å². The van der Waals surface area contributed by atoms with Gasteiger partial charge in [-0.15, -0.1) is 0 Å². The highest BCUT2D eigenvalue weighted by molar-refractivity contribution is 7.80. The second-order valence-electron chi connectivity index (χ2n) is 26.3. The molecule has 0 saturated carbocycles. The molecule has 0 saturated heterocycles. The molecule has 0 radical (unpaired) electrons. The van der Waals surface area contributed by atoms with Gasteiger partial charge in [0.25, 0.3) is 47.3 Å². The number of hydrogen-bond acceptors (Lipinski definition) is 28. The summed E-state index contributed by atoms with van der Waals surface area (Å²) < 4.78 is 27.4. The molecule has 38 heteroatoms. The number of unbranched alkanes of at least 4 members (excludes halogenated alkanes) is 1. The average molecular weight is 1630 g/mol. The van der Waals surface area contributed by atoms with Crippen molar-refractivity contribution >= 4 is 93.3 Å². The Bertz CT molecular complexity index is 4030. The topological polar surface area (TPSA) is 490 Å². The molecule has 8 aliphatic rings. The molecule has 8 aliphatic heterocycles. The van der Waals surface area contributed by atoms with Crippen molar-refractivity contribution in [2.75, 3.05) is 203 Å². The Labute approximate surface area is 670 Å². The fourth-order valence-corrected chi connectivity index (χ4v) is 12.3. The van der Waals surface area contributed by atoms with E-state index in [-0.39, 0.29) is 171 Å². The molecular formula is C76H103N15O21S2. The summed E-state index contributed by atoms with van der Waals surface area (Å²) in [6.45, 7) is 6.39. The first-order valence-corrected chi connectivity index (χ1v) is 38.2. The predicted octanol–water partition coefficient (Wildman–Crippen LogP) is 1.89. The number of amides is 8. The van der Waals surface area contributed by atoms with Gasteiger partial charge in [0.05, 0.1) is 108 Å². The molecule has 1 unspecified atom stereocenters. The third-order valence-corrected chi connectivity index (χ3v) is 18.6. The fraction of sp³-hybridized carbons (Fsp3) is 0.474. The number of nitrogens with one attached hydrogen (secondary N) is 10. The minimum atomic E-state index is -0.900. The molecular weight excluding hydrogens is 1520 g/mol. The Hall–Kier alpha value is -10.6. The number of benzene rings is 5. The summed E-state index contributed by atoms with van der Waals surface area (Å²) in [5, 5.41) is 121. The third kappa shape index (κ3) is 28.8. The first-order chi connectivity index (χ1) is 55.0. The molecule has 0 fully saturated rings. The number of carbonyl (C=O) groups excluding carboxylic acids is 8. The van der Waals surface area contributed by atoms with Crippen molar-refractivity contribution in [3.8, 4) is 46.0 Å². The van der Waals surface area contributed by atoms with Crippen molar-refractivity contribution in [2.45, 2.75) is 38.6 Å². The van der Waals surface area contributed by atoms with Gasteiger partial charge in [-0.05, 0) is 123 Å². The monoisotopic (exact) mass is 1630 g/mol. The van der Waals surface area contributed by atoms with Crippen molar-refractivity contribution in [2.24, 2.45) is 4.99 Å². The molecule has 1 atom stereocenters. The molecule has 8 heterocycles. The number of aliphatic imine (C=N–C) groups is 1. The summed E-state index contributed by atoms with van der Waals surface area (Å²) in [5.74, 6) is -13.7. The maximum atomic E-state index is 14.6. The van der Waals surface area contributed by atoms with Crippen LogP contribution in [0, 0.1) is 0 Å². The summed E-state index contributed by atoms with van der Waals surface area (Å²) >= 11 is 10.3. The SMILES string of the molecule is CCCOCCOCCN1CCNC(=O)c2ccc(c(O)c2O)C(=O)NCCN(CCN2CCNC(=O)c3ccc(c(O)c3O)C(=O)NCCN(CCOCCOCCOC)CCNC(=O)c3ccc(c(O)c3O)C(=O)NC(CCCCNC(=S)Nc3ccc(N=C=S)cc3)C2)CCNC(=O)c2ccc(c(O)c2O)C(=O)NCC1. The van der Waals surface area contributed by atoms with Crippen LogP contribution in [0.4, 0.5) is 11.4 Å². The average Bonchev–Trinajstić information content (AvgIpc) is 0.839. The molecule has 8 bridgehead atoms. The summed E-state index contributed by atoms with van der Waals surface area (Å²) in [5.41, 5.74) is -1.69. The van der Waals surface area contributed by atoms with Crippen molar-refractivity contribution in [1.29, 1.82) is 0 Å². The smallest absolute Gasteiger partial charge is 0.255 e. The van der Waals surface area contributed by atoms with Crippen LogP contribution in [0.2, 0.25) is 0 Å².